The molecule has 0 unspecified atom stereocenters. The van der Waals surface area contributed by atoms with Gasteiger partial charge < -0.3 is 14.3 Å². The maximum Gasteiger partial charge on any atom is 0.417 e. The van der Waals surface area contributed by atoms with E-state index < -0.39 is 22.9 Å². The maximum atomic E-state index is 13.9. The fourth-order valence-electron chi connectivity index (χ4n) is 4.38. The third-order valence-electron chi connectivity index (χ3n) is 5.47. The first-order valence-corrected chi connectivity index (χ1v) is 11.4. The molecule has 1 N–H and O–H groups in total. The van der Waals surface area contributed by atoms with E-state index in [4.69, 9.17) is 9.15 Å². The molecule has 3 nitrogen and oxygen atoms in total. The molecule has 0 saturated carbocycles. The van der Waals surface area contributed by atoms with Crippen molar-refractivity contribution in [2.45, 2.75) is 84.1 Å². The SMILES string of the molecule is CCCCCc1ccc(-c2cc3ccc(OC(C)(C)CC(C)(C)O)cc3o2)c(C(F)(F)F)c1. The smallest absolute Gasteiger partial charge is 0.417 e. The summed E-state index contributed by atoms with van der Waals surface area (Å²) in [5.74, 6) is 0.699. The Morgan fingerprint density at radius 1 is 0.939 bits per heavy atom. The van der Waals surface area contributed by atoms with Crippen LogP contribution in [0.1, 0.15) is 71.4 Å². The number of rotatable bonds is 9. The Labute approximate surface area is 193 Å². The van der Waals surface area contributed by atoms with Crippen LogP contribution in [0.4, 0.5) is 13.2 Å². The molecule has 0 radical (unpaired) electrons. The number of benzene rings is 2. The third kappa shape index (κ3) is 6.76. The minimum atomic E-state index is -4.48. The molecule has 0 fully saturated rings. The van der Waals surface area contributed by atoms with E-state index in [1.807, 2.05) is 13.8 Å². The molecule has 0 aliphatic carbocycles. The lowest BCUT2D eigenvalue weighted by atomic mass is 9.92. The van der Waals surface area contributed by atoms with Gasteiger partial charge in [-0.15, -0.1) is 0 Å². The molecule has 0 spiro atoms. The van der Waals surface area contributed by atoms with Crippen LogP contribution in [0.5, 0.6) is 5.75 Å². The van der Waals surface area contributed by atoms with Gasteiger partial charge in [0.2, 0.25) is 0 Å². The van der Waals surface area contributed by atoms with Gasteiger partial charge in [0, 0.05) is 23.4 Å². The predicted molar refractivity (Wildman–Crippen MR) is 126 cm³/mol. The van der Waals surface area contributed by atoms with Gasteiger partial charge in [0.25, 0.3) is 0 Å². The van der Waals surface area contributed by atoms with E-state index in [2.05, 4.69) is 6.92 Å². The lowest BCUT2D eigenvalue weighted by molar-refractivity contribution is -0.137. The summed E-state index contributed by atoms with van der Waals surface area (Å²) < 4.78 is 53.5. The molecule has 33 heavy (non-hydrogen) atoms. The summed E-state index contributed by atoms with van der Waals surface area (Å²) >= 11 is 0. The topological polar surface area (TPSA) is 42.6 Å². The zero-order chi connectivity index (χ0) is 24.4. The highest BCUT2D eigenvalue weighted by Crippen LogP contribution is 2.40. The van der Waals surface area contributed by atoms with Gasteiger partial charge >= 0.3 is 6.18 Å². The van der Waals surface area contributed by atoms with Gasteiger partial charge in [-0.05, 0) is 70.4 Å². The highest BCUT2D eigenvalue weighted by atomic mass is 19.4. The number of hydrogen-bond acceptors (Lipinski definition) is 3. The van der Waals surface area contributed by atoms with Crippen molar-refractivity contribution in [3.8, 4) is 17.1 Å². The van der Waals surface area contributed by atoms with Crippen LogP contribution >= 0.6 is 0 Å². The Balaban J connectivity index is 1.93. The van der Waals surface area contributed by atoms with E-state index in [9.17, 15) is 18.3 Å². The summed E-state index contributed by atoms with van der Waals surface area (Å²) in [6.07, 6.45) is -0.582. The number of ether oxygens (including phenoxy) is 1. The van der Waals surface area contributed by atoms with Gasteiger partial charge in [-0.3, -0.25) is 0 Å². The van der Waals surface area contributed by atoms with Crippen LogP contribution in [0.25, 0.3) is 22.3 Å². The lowest BCUT2D eigenvalue weighted by Gasteiger charge is -2.32. The first kappa shape index (κ1) is 25.2. The van der Waals surface area contributed by atoms with Gasteiger partial charge in [0.15, 0.2) is 0 Å². The number of hydrogen-bond donors (Lipinski definition) is 1. The average Bonchev–Trinajstić information content (AvgIpc) is 3.08. The minimum Gasteiger partial charge on any atom is -0.488 e. The van der Waals surface area contributed by atoms with Crippen molar-refractivity contribution in [3.63, 3.8) is 0 Å². The maximum absolute atomic E-state index is 13.9. The Bertz CT molecular complexity index is 1090. The van der Waals surface area contributed by atoms with Crippen molar-refractivity contribution in [2.24, 2.45) is 0 Å². The Kier molecular flexibility index (Phi) is 7.18. The molecular formula is C27H33F3O3. The molecular weight excluding hydrogens is 429 g/mol. The fraction of sp³-hybridized carbons (Fsp3) is 0.481. The normalized spacial score (nSPS) is 13.0. The summed E-state index contributed by atoms with van der Waals surface area (Å²) in [5.41, 5.74) is -1.07. The predicted octanol–water partition coefficient (Wildman–Crippen LogP) is 8.17. The number of fused-ring (bicyclic) bond motifs is 1. The van der Waals surface area contributed by atoms with E-state index in [1.165, 1.54) is 12.1 Å². The van der Waals surface area contributed by atoms with Crippen LogP contribution in [0.2, 0.25) is 0 Å². The zero-order valence-corrected chi connectivity index (χ0v) is 20.0. The summed E-state index contributed by atoms with van der Waals surface area (Å²) in [5, 5.41) is 10.8. The number of aryl methyl sites for hydroxylation is 1. The molecule has 2 aromatic carbocycles. The molecule has 6 heteroatoms. The molecule has 0 aliphatic heterocycles. The van der Waals surface area contributed by atoms with Gasteiger partial charge in [-0.25, -0.2) is 0 Å². The van der Waals surface area contributed by atoms with Crippen LogP contribution in [-0.4, -0.2) is 16.3 Å². The molecule has 0 atom stereocenters. The average molecular weight is 463 g/mol. The van der Waals surface area contributed by atoms with Gasteiger partial charge in [0.1, 0.15) is 22.7 Å². The molecule has 3 rings (SSSR count). The third-order valence-corrected chi connectivity index (χ3v) is 5.47. The molecule has 0 bridgehead atoms. The Morgan fingerprint density at radius 3 is 2.30 bits per heavy atom. The van der Waals surface area contributed by atoms with Crippen LogP contribution in [0, 0.1) is 0 Å². The highest BCUT2D eigenvalue weighted by molar-refractivity contribution is 5.84. The second kappa shape index (κ2) is 9.41. The fourth-order valence-corrected chi connectivity index (χ4v) is 4.38. The van der Waals surface area contributed by atoms with E-state index in [0.29, 0.717) is 35.1 Å². The first-order valence-electron chi connectivity index (χ1n) is 11.4. The Morgan fingerprint density at radius 2 is 1.67 bits per heavy atom. The van der Waals surface area contributed by atoms with Crippen LogP contribution < -0.4 is 4.74 Å². The standard InChI is InChI=1S/C27H33F3O3/c1-6-7-8-9-18-10-13-21(22(14-18)27(28,29)30)24-15-19-11-12-20(16-23(19)32-24)33-26(4,5)17-25(2,3)31/h10-16,31H,6-9,17H2,1-5H3. The molecule has 0 amide bonds. The summed E-state index contributed by atoms with van der Waals surface area (Å²) in [4.78, 5) is 0. The lowest BCUT2D eigenvalue weighted by Crippen LogP contribution is -2.37. The van der Waals surface area contributed by atoms with Crippen molar-refractivity contribution < 1.29 is 27.4 Å². The van der Waals surface area contributed by atoms with Crippen molar-refractivity contribution in [3.05, 3.63) is 53.6 Å². The largest absolute Gasteiger partial charge is 0.488 e. The Hall–Kier alpha value is -2.47. The minimum absolute atomic E-state index is 0.0303. The zero-order valence-electron chi connectivity index (χ0n) is 20.0. The molecule has 0 saturated heterocycles. The van der Waals surface area contributed by atoms with E-state index >= 15 is 0 Å². The van der Waals surface area contributed by atoms with Crippen molar-refractivity contribution in [1.82, 2.24) is 0 Å². The molecule has 180 valence electrons. The summed E-state index contributed by atoms with van der Waals surface area (Å²) in [6.45, 7) is 9.25. The second-order valence-corrected chi connectivity index (χ2v) is 10.00. The number of furan rings is 1. The van der Waals surface area contributed by atoms with Crippen LogP contribution in [0.15, 0.2) is 46.9 Å². The van der Waals surface area contributed by atoms with Crippen molar-refractivity contribution in [2.75, 3.05) is 0 Å². The summed E-state index contributed by atoms with van der Waals surface area (Å²) in [7, 11) is 0. The van der Waals surface area contributed by atoms with Crippen molar-refractivity contribution >= 4 is 11.0 Å². The second-order valence-electron chi connectivity index (χ2n) is 10.00. The monoisotopic (exact) mass is 462 g/mol. The van der Waals surface area contributed by atoms with Crippen molar-refractivity contribution in [1.29, 1.82) is 0 Å². The van der Waals surface area contributed by atoms with E-state index in [-0.39, 0.29) is 11.3 Å². The van der Waals surface area contributed by atoms with Gasteiger partial charge in [0.05, 0.1) is 11.2 Å². The number of alkyl halides is 3. The van der Waals surface area contributed by atoms with Crippen LogP contribution in [0.3, 0.4) is 0 Å². The quantitative estimate of drug-likeness (QED) is 0.326. The van der Waals surface area contributed by atoms with Gasteiger partial charge in [-0.1, -0.05) is 31.9 Å². The number of unbranched alkanes of at least 4 members (excludes halogenated alkanes) is 2. The molecule has 0 aliphatic rings. The molecule has 3 aromatic rings. The highest BCUT2D eigenvalue weighted by Gasteiger charge is 2.35. The first-order chi connectivity index (χ1) is 15.3. The number of halogens is 3. The number of aliphatic hydroxyl groups is 1. The van der Waals surface area contributed by atoms with Gasteiger partial charge in [-0.2, -0.15) is 13.2 Å². The molecule has 1 heterocycles. The summed E-state index contributed by atoms with van der Waals surface area (Å²) in [6, 6.07) is 11.3. The van der Waals surface area contributed by atoms with Crippen LogP contribution in [-0.2, 0) is 12.6 Å². The molecule has 1 aromatic heterocycles. The van der Waals surface area contributed by atoms with E-state index in [1.54, 1.807) is 44.2 Å². The van der Waals surface area contributed by atoms with E-state index in [0.717, 1.165) is 19.3 Å².